The highest BCUT2D eigenvalue weighted by molar-refractivity contribution is 5.81. The Balaban J connectivity index is 0.000000138. The predicted molar refractivity (Wildman–Crippen MR) is 480 cm³/mol. The Labute approximate surface area is 692 Å². The highest BCUT2D eigenvalue weighted by Gasteiger charge is 2.22. The molecule has 118 heavy (non-hydrogen) atoms. The summed E-state index contributed by atoms with van der Waals surface area (Å²) in [5, 5.41) is 32.3. The van der Waals surface area contributed by atoms with Crippen molar-refractivity contribution in [1.82, 2.24) is 112 Å². The lowest BCUT2D eigenvalue weighted by molar-refractivity contribution is 0.532. The molecule has 0 unspecified atom stereocenters. The largest absolute Gasteiger partial charge is 0.354 e. The average Bonchev–Trinajstić information content (AvgIpc) is 1.62. The van der Waals surface area contributed by atoms with Gasteiger partial charge in [0, 0.05) is 180 Å². The zero-order valence-corrected chi connectivity index (χ0v) is 72.0. The van der Waals surface area contributed by atoms with Crippen molar-refractivity contribution in [3.05, 3.63) is 262 Å². The van der Waals surface area contributed by atoms with Gasteiger partial charge in [-0.05, 0) is 271 Å². The van der Waals surface area contributed by atoms with Gasteiger partial charge in [0.05, 0.1) is 36.8 Å². The SMILES string of the molecule is CC(C)N1CCc2cccnc21.CC(C)n1ccc2ccccc21.CC(C)n1ccc2cccnc21.CC(C)n1ccc2cccnc21.CC(C)n1cccn1.CC(C)n1cnc2cccnc21.CC(C)n1cnc2cccnc21.CC(C)n1ncc2cc(C#N)cnc21.CC(C)n1ncc2cccnc21.CC(C)n1ncc2cccnc21. The smallest absolute Gasteiger partial charge is 0.160 e. The average molecular weight is 1580 g/mol. The van der Waals surface area contributed by atoms with Crippen LogP contribution in [0.4, 0.5) is 5.82 Å². The maximum absolute atomic E-state index is 8.70. The summed E-state index contributed by atoms with van der Waals surface area (Å²) in [6.45, 7) is 43.8. The van der Waals surface area contributed by atoms with Crippen LogP contribution in [0.5, 0.6) is 0 Å². The van der Waals surface area contributed by atoms with Crippen molar-refractivity contribution in [3.8, 4) is 6.07 Å². The van der Waals surface area contributed by atoms with Crippen LogP contribution in [0.3, 0.4) is 0 Å². The van der Waals surface area contributed by atoms with Gasteiger partial charge < -0.3 is 27.7 Å². The lowest BCUT2D eigenvalue weighted by Gasteiger charge is -2.22. The molecule has 1 aliphatic rings. The van der Waals surface area contributed by atoms with Crippen molar-refractivity contribution in [2.24, 2.45) is 0 Å². The highest BCUT2D eigenvalue weighted by Crippen LogP contribution is 2.28. The Morgan fingerprint density at radius 1 is 0.297 bits per heavy atom. The molecule has 0 fully saturated rings. The van der Waals surface area contributed by atoms with Crippen LogP contribution in [-0.4, -0.2) is 124 Å². The monoisotopic (exact) mass is 1580 g/mol. The molecule has 18 aromatic rings. The van der Waals surface area contributed by atoms with Gasteiger partial charge in [-0.3, -0.25) is 4.68 Å². The van der Waals surface area contributed by atoms with Crippen LogP contribution in [0.2, 0.25) is 0 Å². The number of imidazole rings is 2. The van der Waals surface area contributed by atoms with Crippen LogP contribution >= 0.6 is 0 Å². The molecule has 0 saturated carbocycles. The van der Waals surface area contributed by atoms with Gasteiger partial charge in [-0.25, -0.2) is 63.9 Å². The number of anilines is 1. The van der Waals surface area contributed by atoms with Crippen LogP contribution in [0.1, 0.15) is 204 Å². The standard InChI is InChI=1S/C11H13N.C10H10N4.C10H14N2.2C10H12N2.4C9H11N3.C6H10N2/c1-9(2)12-8-7-10-5-3-4-6-11(10)12;1-7(2)14-10-9(6-13-14)3-8(4-11)5-12-10;3*1-8(2)12-7-5-9-4-3-6-11-10(9)12;2*1-7(2)12-6-11-8-4-3-5-10-9(8)12;2*1-7(2)12-9-8(6-11-12)4-3-5-10-9;1-6(2)8-5-3-4-7-8/h3-9H,1-2H3;3,5-7H,1-2H3;3-4,6,8H,5,7H2,1-2H3;2*3-8H,1-2H3;4*3-7H,1-2H3;3-6H,1-2H3. The van der Waals surface area contributed by atoms with E-state index in [2.05, 4.69) is 308 Å². The van der Waals surface area contributed by atoms with Gasteiger partial charge in [0.15, 0.2) is 28.2 Å². The molecule has 0 spiro atoms. The number of pyridine rings is 8. The summed E-state index contributed by atoms with van der Waals surface area (Å²) in [4.78, 5) is 45.1. The number of hydrogen-bond donors (Lipinski definition) is 0. The van der Waals surface area contributed by atoms with Gasteiger partial charge in [0.25, 0.3) is 0 Å². The van der Waals surface area contributed by atoms with Crippen molar-refractivity contribution >= 4 is 94.2 Å². The maximum Gasteiger partial charge on any atom is 0.160 e. The number of nitrogens with zero attached hydrogens (tertiary/aromatic N) is 25. The Morgan fingerprint density at radius 3 is 1.13 bits per heavy atom. The van der Waals surface area contributed by atoms with E-state index in [4.69, 9.17) is 5.26 Å². The fourth-order valence-corrected chi connectivity index (χ4v) is 13.1. The van der Waals surface area contributed by atoms with Crippen molar-refractivity contribution in [2.75, 3.05) is 11.4 Å². The Kier molecular flexibility index (Phi) is 31.0. The molecule has 25 heteroatoms. The van der Waals surface area contributed by atoms with Crippen molar-refractivity contribution in [1.29, 1.82) is 5.26 Å². The third kappa shape index (κ3) is 22.5. The number of nitriles is 1. The number of para-hydroxylation sites is 1. The second kappa shape index (κ2) is 42.0. The Morgan fingerprint density at radius 2 is 0.695 bits per heavy atom. The Bertz CT molecular complexity index is 5310. The zero-order chi connectivity index (χ0) is 84.5. The number of rotatable bonds is 10. The first-order valence-corrected chi connectivity index (χ1v) is 40.8. The van der Waals surface area contributed by atoms with Crippen LogP contribution in [0.15, 0.2) is 251 Å². The topological polar surface area (TPSA) is 252 Å². The fraction of sp³-hybridized carbons (Fsp3) is 0.344. The summed E-state index contributed by atoms with van der Waals surface area (Å²) in [6.07, 6.45) is 34.6. The molecule has 19 rings (SSSR count). The van der Waals surface area contributed by atoms with E-state index in [1.807, 2.05) is 155 Å². The third-order valence-electron chi connectivity index (χ3n) is 19.2. The van der Waals surface area contributed by atoms with Crippen molar-refractivity contribution < 1.29 is 0 Å². The van der Waals surface area contributed by atoms with E-state index in [-0.39, 0.29) is 6.04 Å². The molecule has 25 nitrogen and oxygen atoms in total. The summed E-state index contributed by atoms with van der Waals surface area (Å²) in [6, 6.07) is 53.0. The summed E-state index contributed by atoms with van der Waals surface area (Å²) in [5.74, 6) is 1.19. The van der Waals surface area contributed by atoms with Crippen LogP contribution in [-0.2, 0) is 6.42 Å². The molecule has 612 valence electrons. The number of aromatic nitrogens is 23. The second-order valence-corrected chi connectivity index (χ2v) is 31.3. The summed E-state index contributed by atoms with van der Waals surface area (Å²) < 4.78 is 18.4. The summed E-state index contributed by atoms with van der Waals surface area (Å²) in [7, 11) is 0. The molecule has 0 N–H and O–H groups in total. The minimum absolute atomic E-state index is 0.285. The van der Waals surface area contributed by atoms with E-state index < -0.39 is 0 Å². The summed E-state index contributed by atoms with van der Waals surface area (Å²) >= 11 is 0. The molecular formula is C93H115N25. The number of hydrogen-bond acceptors (Lipinski definition) is 16. The van der Waals surface area contributed by atoms with Gasteiger partial charge in [-0.15, -0.1) is 0 Å². The normalized spacial score (nSPS) is 11.6. The van der Waals surface area contributed by atoms with E-state index in [0.717, 1.165) is 79.7 Å². The maximum atomic E-state index is 8.70. The van der Waals surface area contributed by atoms with E-state index in [0.29, 0.717) is 59.9 Å². The third-order valence-corrected chi connectivity index (χ3v) is 19.2. The molecule has 0 atom stereocenters. The van der Waals surface area contributed by atoms with E-state index in [1.165, 1.54) is 33.1 Å². The van der Waals surface area contributed by atoms with Crippen molar-refractivity contribution in [2.45, 2.75) is 205 Å². The molecule has 1 aromatic carbocycles. The minimum Gasteiger partial charge on any atom is -0.354 e. The molecule has 0 radical (unpaired) electrons. The van der Waals surface area contributed by atoms with Crippen molar-refractivity contribution in [3.63, 3.8) is 0 Å². The molecular weight excluding hydrogens is 1470 g/mol. The van der Waals surface area contributed by atoms with Gasteiger partial charge in [0.2, 0.25) is 0 Å². The fourth-order valence-electron chi connectivity index (χ4n) is 13.1. The van der Waals surface area contributed by atoms with E-state index in [1.54, 1.807) is 49.4 Å². The molecule has 1 aliphatic heterocycles. The molecule has 0 amide bonds. The minimum atomic E-state index is 0.285. The highest BCUT2D eigenvalue weighted by atomic mass is 15.3. The first-order valence-electron chi connectivity index (χ1n) is 40.8. The van der Waals surface area contributed by atoms with E-state index >= 15 is 0 Å². The van der Waals surface area contributed by atoms with Crippen LogP contribution < -0.4 is 4.90 Å². The second-order valence-electron chi connectivity index (χ2n) is 31.3. The predicted octanol–water partition coefficient (Wildman–Crippen LogP) is 21.7. The van der Waals surface area contributed by atoms with Gasteiger partial charge in [0.1, 0.15) is 34.2 Å². The Hall–Kier alpha value is -13.1. The number of benzene rings is 1. The van der Waals surface area contributed by atoms with Gasteiger partial charge in [-0.2, -0.15) is 25.7 Å². The lowest BCUT2D eigenvalue weighted by atomic mass is 10.2. The number of fused-ring (bicyclic) bond motifs is 9. The molecule has 18 heterocycles. The van der Waals surface area contributed by atoms with E-state index in [9.17, 15) is 0 Å². The zero-order valence-electron chi connectivity index (χ0n) is 72.0. The first kappa shape index (κ1) is 87.3. The first-order chi connectivity index (χ1) is 56.8. The molecule has 17 aromatic heterocycles. The molecule has 0 saturated heterocycles. The molecule has 0 aliphatic carbocycles. The molecule has 0 bridgehead atoms. The van der Waals surface area contributed by atoms with Gasteiger partial charge >= 0.3 is 0 Å². The summed E-state index contributed by atoms with van der Waals surface area (Å²) in [5.41, 5.74) is 12.1. The lowest BCUT2D eigenvalue weighted by Crippen LogP contribution is -2.28. The quantitative estimate of drug-likeness (QED) is 0.123. The van der Waals surface area contributed by atoms with Crippen LogP contribution in [0, 0.1) is 11.3 Å². The van der Waals surface area contributed by atoms with Crippen LogP contribution in [0.25, 0.3) is 88.4 Å². The van der Waals surface area contributed by atoms with Gasteiger partial charge in [-0.1, -0.05) is 24.3 Å².